The van der Waals surface area contributed by atoms with Crippen molar-refractivity contribution in [3.63, 3.8) is 0 Å². The van der Waals surface area contributed by atoms with Crippen LogP contribution in [0, 0.1) is 0 Å². The maximum Gasteiger partial charge on any atom is 0.257 e. The quantitative estimate of drug-likeness (QED) is 0.363. The Balaban J connectivity index is 1.53. The number of para-hydroxylation sites is 2. The number of hydrazone groups is 1. The molecule has 3 aromatic rings. The van der Waals surface area contributed by atoms with Crippen molar-refractivity contribution >= 4 is 35.0 Å². The van der Waals surface area contributed by atoms with E-state index in [0.29, 0.717) is 28.9 Å². The Hall–Kier alpha value is -3.00. The average Bonchev–Trinajstić information content (AvgIpc) is 3.10. The second kappa shape index (κ2) is 9.09. The molecule has 0 saturated heterocycles. The third-order valence-electron chi connectivity index (χ3n) is 3.49. The Labute approximate surface area is 160 Å². The summed E-state index contributed by atoms with van der Waals surface area (Å²) in [7, 11) is 1.58. The van der Waals surface area contributed by atoms with Crippen molar-refractivity contribution in [3.05, 3.63) is 48.0 Å². The van der Waals surface area contributed by atoms with Crippen molar-refractivity contribution < 1.29 is 18.7 Å². The standard InChI is InChI=1S/C19H19N3O4S/c1-3-25-17-10-13(8-9-16(17)24-2)11-20-22-18(23)12-27-19-21-14-6-4-5-7-15(14)26-19/h4-11H,3,12H2,1-2H3,(H,22,23)/b20-11-. The molecule has 0 unspecified atom stereocenters. The molecule has 0 aliphatic carbocycles. The smallest absolute Gasteiger partial charge is 0.257 e. The van der Waals surface area contributed by atoms with Gasteiger partial charge < -0.3 is 13.9 Å². The number of carbonyl (C=O) groups is 1. The highest BCUT2D eigenvalue weighted by atomic mass is 32.2. The lowest BCUT2D eigenvalue weighted by atomic mass is 10.2. The Morgan fingerprint density at radius 2 is 2.15 bits per heavy atom. The van der Waals surface area contributed by atoms with Gasteiger partial charge in [-0.25, -0.2) is 10.4 Å². The van der Waals surface area contributed by atoms with Crippen molar-refractivity contribution in [1.82, 2.24) is 10.4 Å². The van der Waals surface area contributed by atoms with E-state index >= 15 is 0 Å². The van der Waals surface area contributed by atoms with E-state index in [2.05, 4.69) is 15.5 Å². The molecule has 0 bridgehead atoms. The number of nitrogens with zero attached hydrogens (tertiary/aromatic N) is 2. The van der Waals surface area contributed by atoms with Gasteiger partial charge in [-0.05, 0) is 42.8 Å². The minimum Gasteiger partial charge on any atom is -0.493 e. The van der Waals surface area contributed by atoms with Crippen LogP contribution in [0.5, 0.6) is 11.5 Å². The highest BCUT2D eigenvalue weighted by Crippen LogP contribution is 2.27. The number of methoxy groups -OCH3 is 1. The van der Waals surface area contributed by atoms with Gasteiger partial charge in [-0.2, -0.15) is 5.10 Å². The molecule has 0 saturated carbocycles. The number of carbonyl (C=O) groups excluding carboxylic acids is 1. The topological polar surface area (TPSA) is 86.0 Å². The summed E-state index contributed by atoms with van der Waals surface area (Å²) >= 11 is 1.21. The van der Waals surface area contributed by atoms with E-state index in [1.54, 1.807) is 25.5 Å². The average molecular weight is 385 g/mol. The van der Waals surface area contributed by atoms with Gasteiger partial charge in [-0.3, -0.25) is 4.79 Å². The maximum absolute atomic E-state index is 11.9. The predicted octanol–water partition coefficient (Wildman–Crippen LogP) is 3.48. The number of nitrogens with one attached hydrogen (secondary N) is 1. The minimum atomic E-state index is -0.253. The monoisotopic (exact) mass is 385 g/mol. The van der Waals surface area contributed by atoms with Crippen molar-refractivity contribution in [2.75, 3.05) is 19.5 Å². The van der Waals surface area contributed by atoms with Crippen molar-refractivity contribution in [2.24, 2.45) is 5.10 Å². The molecule has 27 heavy (non-hydrogen) atoms. The maximum atomic E-state index is 11.9. The zero-order chi connectivity index (χ0) is 19.1. The second-order valence-corrected chi connectivity index (χ2v) is 6.30. The van der Waals surface area contributed by atoms with E-state index in [4.69, 9.17) is 13.9 Å². The van der Waals surface area contributed by atoms with Gasteiger partial charge in [0.05, 0.1) is 25.7 Å². The van der Waals surface area contributed by atoms with Crippen LogP contribution in [-0.2, 0) is 4.79 Å². The van der Waals surface area contributed by atoms with E-state index in [1.165, 1.54) is 11.8 Å². The molecule has 3 rings (SSSR count). The highest BCUT2D eigenvalue weighted by Gasteiger charge is 2.08. The van der Waals surface area contributed by atoms with Crippen LogP contribution >= 0.6 is 11.8 Å². The van der Waals surface area contributed by atoms with Gasteiger partial charge in [-0.15, -0.1) is 0 Å². The van der Waals surface area contributed by atoms with Crippen molar-refractivity contribution in [2.45, 2.75) is 12.1 Å². The number of amides is 1. The van der Waals surface area contributed by atoms with E-state index in [1.807, 2.05) is 37.3 Å². The molecule has 0 aliphatic rings. The lowest BCUT2D eigenvalue weighted by molar-refractivity contribution is -0.118. The zero-order valence-electron chi connectivity index (χ0n) is 15.0. The van der Waals surface area contributed by atoms with Gasteiger partial charge in [0.25, 0.3) is 11.1 Å². The molecule has 1 N–H and O–H groups in total. The number of rotatable bonds is 8. The molecule has 0 atom stereocenters. The Bertz CT molecular complexity index is 922. The molecular formula is C19H19N3O4S. The summed E-state index contributed by atoms with van der Waals surface area (Å²) in [6, 6.07) is 12.9. The SMILES string of the molecule is CCOc1cc(/C=N\NC(=O)CSc2nc3ccccc3o2)ccc1OC. The predicted molar refractivity (Wildman–Crippen MR) is 105 cm³/mol. The minimum absolute atomic E-state index is 0.150. The van der Waals surface area contributed by atoms with Gasteiger partial charge in [0.1, 0.15) is 5.52 Å². The molecule has 1 aromatic heterocycles. The number of fused-ring (bicyclic) bond motifs is 1. The first-order valence-electron chi connectivity index (χ1n) is 8.30. The number of hydrogen-bond donors (Lipinski definition) is 1. The van der Waals surface area contributed by atoms with Gasteiger partial charge in [0.15, 0.2) is 17.1 Å². The van der Waals surface area contributed by atoms with E-state index in [-0.39, 0.29) is 11.7 Å². The number of oxazole rings is 1. The molecule has 0 radical (unpaired) electrons. The van der Waals surface area contributed by atoms with E-state index in [9.17, 15) is 4.79 Å². The summed E-state index contributed by atoms with van der Waals surface area (Å²) in [4.78, 5) is 16.2. The van der Waals surface area contributed by atoms with Gasteiger partial charge in [-0.1, -0.05) is 23.9 Å². The zero-order valence-corrected chi connectivity index (χ0v) is 15.8. The van der Waals surface area contributed by atoms with E-state index < -0.39 is 0 Å². The Morgan fingerprint density at radius 3 is 2.93 bits per heavy atom. The summed E-state index contributed by atoms with van der Waals surface area (Å²) in [5.41, 5.74) is 4.73. The van der Waals surface area contributed by atoms with Crippen molar-refractivity contribution in [3.8, 4) is 11.5 Å². The summed E-state index contributed by atoms with van der Waals surface area (Å²) in [6.45, 7) is 2.43. The first kappa shape index (κ1) is 18.8. The van der Waals surface area contributed by atoms with Crippen molar-refractivity contribution in [1.29, 1.82) is 0 Å². The fraction of sp³-hybridized carbons (Fsp3) is 0.211. The third kappa shape index (κ3) is 5.01. The largest absolute Gasteiger partial charge is 0.493 e. The van der Waals surface area contributed by atoms with Crippen LogP contribution in [0.1, 0.15) is 12.5 Å². The summed E-state index contributed by atoms with van der Waals surface area (Å²) in [5, 5.41) is 4.42. The summed E-state index contributed by atoms with van der Waals surface area (Å²) in [6.07, 6.45) is 1.55. The molecule has 1 amide bonds. The molecule has 140 valence electrons. The van der Waals surface area contributed by atoms with Crippen LogP contribution < -0.4 is 14.9 Å². The molecule has 0 spiro atoms. The Kier molecular flexibility index (Phi) is 6.32. The highest BCUT2D eigenvalue weighted by molar-refractivity contribution is 7.99. The van der Waals surface area contributed by atoms with E-state index in [0.717, 1.165) is 11.1 Å². The normalized spacial score (nSPS) is 11.0. The van der Waals surface area contributed by atoms with Crippen LogP contribution in [0.15, 0.2) is 57.2 Å². The first-order valence-corrected chi connectivity index (χ1v) is 9.29. The number of hydrogen-bond acceptors (Lipinski definition) is 7. The molecule has 7 nitrogen and oxygen atoms in total. The number of benzene rings is 2. The third-order valence-corrected chi connectivity index (χ3v) is 4.32. The molecule has 8 heteroatoms. The van der Waals surface area contributed by atoms with Crippen LogP contribution in [0.25, 0.3) is 11.1 Å². The van der Waals surface area contributed by atoms with Crippen LogP contribution in [0.3, 0.4) is 0 Å². The lowest BCUT2D eigenvalue weighted by Gasteiger charge is -2.09. The number of ether oxygens (including phenoxy) is 2. The fourth-order valence-corrected chi connectivity index (χ4v) is 2.92. The van der Waals surface area contributed by atoms with Gasteiger partial charge in [0.2, 0.25) is 0 Å². The van der Waals surface area contributed by atoms with Gasteiger partial charge in [0, 0.05) is 0 Å². The molecular weight excluding hydrogens is 366 g/mol. The molecule has 1 heterocycles. The molecule has 2 aromatic carbocycles. The number of thioether (sulfide) groups is 1. The second-order valence-electron chi connectivity index (χ2n) is 5.37. The first-order chi connectivity index (χ1) is 13.2. The lowest BCUT2D eigenvalue weighted by Crippen LogP contribution is -2.19. The summed E-state index contributed by atoms with van der Waals surface area (Å²) < 4.78 is 16.3. The van der Waals surface area contributed by atoms with Crippen LogP contribution in [0.4, 0.5) is 0 Å². The van der Waals surface area contributed by atoms with Crippen LogP contribution in [-0.4, -0.2) is 36.6 Å². The number of aromatic nitrogens is 1. The molecule has 0 fully saturated rings. The van der Waals surface area contributed by atoms with Crippen LogP contribution in [0.2, 0.25) is 0 Å². The Morgan fingerprint density at radius 1 is 1.30 bits per heavy atom. The van der Waals surface area contributed by atoms with Gasteiger partial charge >= 0.3 is 0 Å². The fourth-order valence-electron chi connectivity index (χ4n) is 2.29. The summed E-state index contributed by atoms with van der Waals surface area (Å²) in [5.74, 6) is 1.17. The molecule has 0 aliphatic heterocycles.